The van der Waals surface area contributed by atoms with Gasteiger partial charge in [0, 0.05) is 5.56 Å². The molecular weight excluding hydrogens is 233 g/mol. The Kier molecular flexibility index (Phi) is 3.23. The summed E-state index contributed by atoms with van der Waals surface area (Å²) in [6.45, 7) is 1.61. The third-order valence-corrected chi connectivity index (χ3v) is 2.46. The van der Waals surface area contributed by atoms with Crippen molar-refractivity contribution < 1.29 is 9.18 Å². The molecule has 0 fully saturated rings. The first-order chi connectivity index (χ1) is 8.56. The molecule has 0 unspecified atom stereocenters. The molecule has 1 aromatic carbocycles. The Morgan fingerprint density at radius 3 is 2.72 bits per heavy atom. The molecule has 0 atom stereocenters. The molecule has 2 aromatic rings. The smallest absolute Gasteiger partial charge is 0.255 e. The number of aryl methyl sites for hydroxylation is 1. The van der Waals surface area contributed by atoms with Gasteiger partial charge in [0.2, 0.25) is 0 Å². The number of aromatic nitrogens is 1. The second kappa shape index (κ2) is 4.83. The van der Waals surface area contributed by atoms with Crippen LogP contribution >= 0.6 is 0 Å². The monoisotopic (exact) mass is 245 g/mol. The van der Waals surface area contributed by atoms with E-state index in [0.29, 0.717) is 22.6 Å². The van der Waals surface area contributed by atoms with Gasteiger partial charge in [0.15, 0.2) is 0 Å². The number of anilines is 2. The summed E-state index contributed by atoms with van der Waals surface area (Å²) in [4.78, 5) is 15.7. The summed E-state index contributed by atoms with van der Waals surface area (Å²) in [5, 5.41) is 2.65. The number of nitrogens with zero attached hydrogens (tertiary/aromatic N) is 1. The number of pyridine rings is 1. The Hall–Kier alpha value is -2.43. The summed E-state index contributed by atoms with van der Waals surface area (Å²) < 4.78 is 13.1. The van der Waals surface area contributed by atoms with Gasteiger partial charge in [-0.1, -0.05) is 0 Å². The number of nitrogens with one attached hydrogen (secondary N) is 1. The third kappa shape index (κ3) is 2.63. The Bertz CT molecular complexity index is 581. The lowest BCUT2D eigenvalue weighted by molar-refractivity contribution is 0.102. The first-order valence-corrected chi connectivity index (χ1v) is 5.35. The number of hydrogen-bond donors (Lipinski definition) is 2. The van der Waals surface area contributed by atoms with E-state index in [1.54, 1.807) is 19.1 Å². The molecule has 0 saturated carbocycles. The lowest BCUT2D eigenvalue weighted by Gasteiger charge is -2.06. The highest BCUT2D eigenvalue weighted by Gasteiger charge is 2.08. The molecule has 1 aromatic heterocycles. The SMILES string of the molecule is Cc1cc(C(=O)Nc2ccc(N)nc2)ccc1F. The Labute approximate surface area is 104 Å². The van der Waals surface area contributed by atoms with E-state index in [4.69, 9.17) is 5.73 Å². The van der Waals surface area contributed by atoms with Crippen molar-refractivity contribution in [3.63, 3.8) is 0 Å². The van der Waals surface area contributed by atoms with Gasteiger partial charge in [-0.3, -0.25) is 4.79 Å². The van der Waals surface area contributed by atoms with Gasteiger partial charge in [0.05, 0.1) is 11.9 Å². The lowest BCUT2D eigenvalue weighted by Crippen LogP contribution is -2.12. The molecule has 18 heavy (non-hydrogen) atoms. The highest BCUT2D eigenvalue weighted by Crippen LogP contribution is 2.12. The van der Waals surface area contributed by atoms with E-state index in [1.807, 2.05) is 0 Å². The number of benzene rings is 1. The maximum Gasteiger partial charge on any atom is 0.255 e. The minimum absolute atomic E-state index is 0.315. The summed E-state index contributed by atoms with van der Waals surface area (Å²) >= 11 is 0. The molecule has 4 nitrogen and oxygen atoms in total. The van der Waals surface area contributed by atoms with E-state index < -0.39 is 0 Å². The van der Waals surface area contributed by atoms with Crippen LogP contribution in [0, 0.1) is 12.7 Å². The summed E-state index contributed by atoms with van der Waals surface area (Å²) in [5.74, 6) is -0.268. The summed E-state index contributed by atoms with van der Waals surface area (Å²) in [5.41, 5.74) is 6.80. The fourth-order valence-electron chi connectivity index (χ4n) is 1.47. The van der Waals surface area contributed by atoms with E-state index in [1.165, 1.54) is 24.4 Å². The highest BCUT2D eigenvalue weighted by atomic mass is 19.1. The van der Waals surface area contributed by atoms with Crippen molar-refractivity contribution in [2.75, 3.05) is 11.1 Å². The van der Waals surface area contributed by atoms with E-state index in [0.717, 1.165) is 0 Å². The van der Waals surface area contributed by atoms with Crippen molar-refractivity contribution in [2.45, 2.75) is 6.92 Å². The van der Waals surface area contributed by atoms with Gasteiger partial charge in [-0.2, -0.15) is 0 Å². The van der Waals surface area contributed by atoms with Crippen molar-refractivity contribution in [3.8, 4) is 0 Å². The number of rotatable bonds is 2. The van der Waals surface area contributed by atoms with Crippen molar-refractivity contribution in [3.05, 3.63) is 53.5 Å². The van der Waals surface area contributed by atoms with E-state index in [-0.39, 0.29) is 11.7 Å². The average Bonchev–Trinajstić information content (AvgIpc) is 2.35. The highest BCUT2D eigenvalue weighted by molar-refractivity contribution is 6.04. The molecule has 0 radical (unpaired) electrons. The predicted molar refractivity (Wildman–Crippen MR) is 67.7 cm³/mol. The van der Waals surface area contributed by atoms with Crippen molar-refractivity contribution in [1.82, 2.24) is 4.98 Å². The number of nitrogens with two attached hydrogens (primary N) is 1. The number of hydrogen-bond acceptors (Lipinski definition) is 3. The zero-order valence-electron chi connectivity index (χ0n) is 9.77. The number of carbonyl (C=O) groups is 1. The molecule has 92 valence electrons. The largest absolute Gasteiger partial charge is 0.384 e. The Morgan fingerprint density at radius 2 is 2.11 bits per heavy atom. The van der Waals surface area contributed by atoms with Crippen LogP contribution in [-0.2, 0) is 0 Å². The Balaban J connectivity index is 2.16. The number of halogens is 1. The van der Waals surface area contributed by atoms with Gasteiger partial charge in [-0.25, -0.2) is 9.37 Å². The second-order valence-electron chi connectivity index (χ2n) is 3.89. The standard InChI is InChI=1S/C13H12FN3O/c1-8-6-9(2-4-11(8)14)13(18)17-10-3-5-12(15)16-7-10/h2-7H,1H3,(H2,15,16)(H,17,18). The zero-order chi connectivity index (χ0) is 13.1. The van der Waals surface area contributed by atoms with Crippen molar-refractivity contribution in [1.29, 1.82) is 0 Å². The molecule has 2 rings (SSSR count). The molecule has 0 bridgehead atoms. The van der Waals surface area contributed by atoms with Gasteiger partial charge in [-0.15, -0.1) is 0 Å². The predicted octanol–water partition coefficient (Wildman–Crippen LogP) is 2.36. The van der Waals surface area contributed by atoms with Crippen LogP contribution in [-0.4, -0.2) is 10.9 Å². The maximum absolute atomic E-state index is 13.1. The third-order valence-electron chi connectivity index (χ3n) is 2.46. The van der Waals surface area contributed by atoms with Crippen LogP contribution in [0.15, 0.2) is 36.5 Å². The number of amides is 1. The number of nitrogen functional groups attached to an aromatic ring is 1. The fourth-order valence-corrected chi connectivity index (χ4v) is 1.47. The quantitative estimate of drug-likeness (QED) is 0.853. The molecule has 0 aliphatic carbocycles. The van der Waals surface area contributed by atoms with Crippen molar-refractivity contribution in [2.24, 2.45) is 0 Å². The zero-order valence-corrected chi connectivity index (χ0v) is 9.77. The normalized spacial score (nSPS) is 10.1. The van der Waals surface area contributed by atoms with Crippen LogP contribution in [0.5, 0.6) is 0 Å². The minimum Gasteiger partial charge on any atom is -0.384 e. The maximum atomic E-state index is 13.1. The van der Waals surface area contributed by atoms with Gasteiger partial charge in [0.1, 0.15) is 11.6 Å². The van der Waals surface area contributed by atoms with Gasteiger partial charge in [-0.05, 0) is 42.8 Å². The average molecular weight is 245 g/mol. The topological polar surface area (TPSA) is 68.0 Å². The van der Waals surface area contributed by atoms with Crippen LogP contribution in [0.25, 0.3) is 0 Å². The molecule has 0 spiro atoms. The van der Waals surface area contributed by atoms with E-state index >= 15 is 0 Å². The summed E-state index contributed by atoms with van der Waals surface area (Å²) in [7, 11) is 0. The molecular formula is C13H12FN3O. The first kappa shape index (κ1) is 12.0. The van der Waals surface area contributed by atoms with E-state index in [2.05, 4.69) is 10.3 Å². The summed E-state index contributed by atoms with van der Waals surface area (Å²) in [6.07, 6.45) is 1.46. The van der Waals surface area contributed by atoms with Crippen LogP contribution in [0.3, 0.4) is 0 Å². The first-order valence-electron chi connectivity index (χ1n) is 5.35. The second-order valence-corrected chi connectivity index (χ2v) is 3.89. The Morgan fingerprint density at radius 1 is 1.33 bits per heavy atom. The fraction of sp³-hybridized carbons (Fsp3) is 0.0769. The van der Waals surface area contributed by atoms with Crippen molar-refractivity contribution >= 4 is 17.4 Å². The van der Waals surface area contributed by atoms with Crippen LogP contribution in [0.4, 0.5) is 15.9 Å². The molecule has 1 heterocycles. The molecule has 1 amide bonds. The molecule has 0 aliphatic heterocycles. The molecule has 5 heteroatoms. The van der Waals surface area contributed by atoms with Crippen LogP contribution in [0.1, 0.15) is 15.9 Å². The van der Waals surface area contributed by atoms with Crippen LogP contribution in [0.2, 0.25) is 0 Å². The molecule has 0 aliphatic rings. The summed E-state index contributed by atoms with van der Waals surface area (Å²) in [6, 6.07) is 7.44. The molecule has 3 N–H and O–H groups in total. The van der Waals surface area contributed by atoms with Crippen LogP contribution < -0.4 is 11.1 Å². The molecule has 0 saturated heterocycles. The van der Waals surface area contributed by atoms with E-state index in [9.17, 15) is 9.18 Å². The number of carbonyl (C=O) groups excluding carboxylic acids is 1. The minimum atomic E-state index is -0.333. The van der Waals surface area contributed by atoms with Gasteiger partial charge < -0.3 is 11.1 Å². The van der Waals surface area contributed by atoms with Gasteiger partial charge >= 0.3 is 0 Å². The lowest BCUT2D eigenvalue weighted by atomic mass is 10.1. The van der Waals surface area contributed by atoms with Gasteiger partial charge in [0.25, 0.3) is 5.91 Å².